The van der Waals surface area contributed by atoms with Crippen molar-refractivity contribution in [2.75, 3.05) is 13.4 Å². The largest absolute Gasteiger partial charge is 0.454 e. The lowest BCUT2D eigenvalue weighted by molar-refractivity contribution is 0.143. The number of carbonyl (C=O) groups is 1. The summed E-state index contributed by atoms with van der Waals surface area (Å²) in [6.45, 7) is 1.59. The molecule has 4 heterocycles. The van der Waals surface area contributed by atoms with Crippen LogP contribution in [0.2, 0.25) is 0 Å². The van der Waals surface area contributed by atoms with E-state index >= 15 is 0 Å². The number of aromatic nitrogens is 3. The minimum absolute atomic E-state index is 0.222. The number of rotatable bonds is 8. The maximum Gasteiger partial charge on any atom is 0.407 e. The van der Waals surface area contributed by atoms with Gasteiger partial charge in [0.05, 0.1) is 18.6 Å². The second-order valence-electron chi connectivity index (χ2n) is 8.12. The molecule has 1 aromatic carbocycles. The van der Waals surface area contributed by atoms with Gasteiger partial charge in [-0.15, -0.1) is 0 Å². The SMILES string of the molecule is Cn1cccc1C1=Nc2c(ncn2CCCCOC(=O)NCc2ccc3c(c2)OCO3)C(N)N1. The summed E-state index contributed by atoms with van der Waals surface area (Å²) in [6.07, 6.45) is 4.35. The Labute approximate surface area is 196 Å². The number of amides is 1. The van der Waals surface area contributed by atoms with E-state index in [1.165, 1.54) is 0 Å². The third kappa shape index (κ3) is 4.55. The van der Waals surface area contributed by atoms with E-state index in [1.807, 2.05) is 52.7 Å². The predicted molar refractivity (Wildman–Crippen MR) is 124 cm³/mol. The lowest BCUT2D eigenvalue weighted by Gasteiger charge is -2.22. The summed E-state index contributed by atoms with van der Waals surface area (Å²) in [6, 6.07) is 9.51. The highest BCUT2D eigenvalue weighted by Crippen LogP contribution is 2.32. The van der Waals surface area contributed by atoms with Gasteiger partial charge in [0, 0.05) is 26.3 Å². The molecule has 2 aromatic heterocycles. The molecule has 0 radical (unpaired) electrons. The highest BCUT2D eigenvalue weighted by atomic mass is 16.7. The van der Waals surface area contributed by atoms with Crippen LogP contribution in [0.15, 0.2) is 47.8 Å². The molecule has 3 aromatic rings. The topological polar surface area (TPSA) is 130 Å². The zero-order valence-corrected chi connectivity index (χ0v) is 18.9. The molecule has 34 heavy (non-hydrogen) atoms. The van der Waals surface area contributed by atoms with Gasteiger partial charge in [-0.25, -0.2) is 14.8 Å². The summed E-state index contributed by atoms with van der Waals surface area (Å²) >= 11 is 0. The van der Waals surface area contributed by atoms with Crippen molar-refractivity contribution >= 4 is 17.7 Å². The molecule has 0 saturated carbocycles. The van der Waals surface area contributed by atoms with Crippen molar-refractivity contribution in [3.8, 4) is 11.5 Å². The highest BCUT2D eigenvalue weighted by Gasteiger charge is 2.25. The maximum atomic E-state index is 12.0. The van der Waals surface area contributed by atoms with Crippen LogP contribution in [0.25, 0.3) is 0 Å². The molecule has 0 aliphatic carbocycles. The molecule has 1 amide bonds. The number of hydrogen-bond acceptors (Lipinski definition) is 8. The van der Waals surface area contributed by atoms with Gasteiger partial charge in [0.25, 0.3) is 0 Å². The highest BCUT2D eigenvalue weighted by molar-refractivity contribution is 6.00. The van der Waals surface area contributed by atoms with Crippen LogP contribution in [0.3, 0.4) is 0 Å². The number of ether oxygens (including phenoxy) is 3. The van der Waals surface area contributed by atoms with Gasteiger partial charge in [0.1, 0.15) is 11.9 Å². The average Bonchev–Trinajstić information content (AvgIpc) is 3.57. The number of amidine groups is 1. The summed E-state index contributed by atoms with van der Waals surface area (Å²) in [4.78, 5) is 21.2. The number of alkyl carbamates (subject to hydrolysis) is 1. The van der Waals surface area contributed by atoms with Gasteiger partial charge in [-0.3, -0.25) is 0 Å². The van der Waals surface area contributed by atoms with Crippen LogP contribution in [0, 0.1) is 0 Å². The van der Waals surface area contributed by atoms with Crippen LogP contribution in [-0.4, -0.2) is 39.4 Å². The summed E-state index contributed by atoms with van der Waals surface area (Å²) < 4.78 is 19.9. The van der Waals surface area contributed by atoms with Gasteiger partial charge >= 0.3 is 6.09 Å². The maximum absolute atomic E-state index is 12.0. The summed E-state index contributed by atoms with van der Waals surface area (Å²) in [7, 11) is 1.96. The number of hydrogen-bond donors (Lipinski definition) is 3. The number of nitrogens with zero attached hydrogens (tertiary/aromatic N) is 4. The molecule has 1 unspecified atom stereocenters. The summed E-state index contributed by atoms with van der Waals surface area (Å²) in [5.74, 6) is 2.87. The number of fused-ring (bicyclic) bond motifs is 2. The van der Waals surface area contributed by atoms with E-state index in [1.54, 1.807) is 6.33 Å². The monoisotopic (exact) mass is 465 g/mol. The van der Waals surface area contributed by atoms with Crippen LogP contribution < -0.4 is 25.8 Å². The minimum atomic E-state index is -0.452. The number of carbonyl (C=O) groups excluding carboxylic acids is 1. The van der Waals surface area contributed by atoms with Crippen molar-refractivity contribution in [1.29, 1.82) is 0 Å². The number of nitrogens with two attached hydrogens (primary N) is 1. The van der Waals surface area contributed by atoms with Gasteiger partial charge in [0.2, 0.25) is 6.79 Å². The summed E-state index contributed by atoms with van der Waals surface area (Å²) in [5.41, 5.74) is 8.84. The first kappa shape index (κ1) is 21.8. The molecule has 11 nitrogen and oxygen atoms in total. The van der Waals surface area contributed by atoms with Crippen molar-refractivity contribution in [3.05, 3.63) is 59.8 Å². The van der Waals surface area contributed by atoms with E-state index in [0.717, 1.165) is 35.0 Å². The molecule has 178 valence electrons. The van der Waals surface area contributed by atoms with Crippen molar-refractivity contribution < 1.29 is 19.0 Å². The second-order valence-corrected chi connectivity index (χ2v) is 8.12. The van der Waals surface area contributed by atoms with Gasteiger partial charge in [0.15, 0.2) is 23.2 Å². The molecular formula is C23H27N7O4. The van der Waals surface area contributed by atoms with Crippen LogP contribution in [0.5, 0.6) is 11.5 Å². The van der Waals surface area contributed by atoms with Crippen LogP contribution in [0.4, 0.5) is 10.6 Å². The number of aliphatic imine (C=N–C) groups is 1. The third-order valence-corrected chi connectivity index (χ3v) is 5.73. The van der Waals surface area contributed by atoms with Crippen molar-refractivity contribution in [1.82, 2.24) is 24.8 Å². The number of benzene rings is 1. The molecule has 1 atom stereocenters. The van der Waals surface area contributed by atoms with Gasteiger partial charge < -0.3 is 39.7 Å². The van der Waals surface area contributed by atoms with Crippen LogP contribution >= 0.6 is 0 Å². The van der Waals surface area contributed by atoms with Crippen LogP contribution in [-0.2, 0) is 24.9 Å². The zero-order valence-electron chi connectivity index (χ0n) is 18.9. The quantitative estimate of drug-likeness (QED) is 0.435. The average molecular weight is 466 g/mol. The number of imidazole rings is 1. The van der Waals surface area contributed by atoms with E-state index in [-0.39, 0.29) is 6.79 Å². The fraction of sp³-hybridized carbons (Fsp3) is 0.348. The predicted octanol–water partition coefficient (Wildman–Crippen LogP) is 2.30. The first-order valence-electron chi connectivity index (χ1n) is 11.1. The van der Waals surface area contributed by atoms with Gasteiger partial charge in [-0.1, -0.05) is 6.07 Å². The van der Waals surface area contributed by atoms with Crippen molar-refractivity contribution in [3.63, 3.8) is 0 Å². The van der Waals surface area contributed by atoms with E-state index in [4.69, 9.17) is 24.9 Å². The Balaban J connectivity index is 1.08. The smallest absolute Gasteiger partial charge is 0.407 e. The fourth-order valence-corrected chi connectivity index (χ4v) is 3.91. The van der Waals surface area contributed by atoms with Crippen LogP contribution in [0.1, 0.15) is 36.0 Å². The Bertz CT molecular complexity index is 1220. The second kappa shape index (κ2) is 9.48. The molecular weight excluding hydrogens is 438 g/mol. The normalized spacial score (nSPS) is 15.9. The van der Waals surface area contributed by atoms with E-state index in [9.17, 15) is 4.79 Å². The molecule has 11 heteroatoms. The molecule has 5 rings (SSSR count). The zero-order chi connectivity index (χ0) is 23.5. The van der Waals surface area contributed by atoms with E-state index in [0.29, 0.717) is 37.6 Å². The Hall–Kier alpha value is -3.99. The molecule has 0 fully saturated rings. The Morgan fingerprint density at radius 2 is 2.18 bits per heavy atom. The standard InChI is InChI=1S/C23H27N7O4/c1-29-8-4-5-16(29)21-27-20(24)19-22(28-21)30(13-26-19)9-2-3-10-32-23(31)25-12-15-6-7-17-18(11-15)34-14-33-17/h4-8,11,13,20H,2-3,9-10,12,14,24H2,1H3,(H,25,31)(H,27,28). The Kier molecular flexibility index (Phi) is 6.09. The van der Waals surface area contributed by atoms with Gasteiger partial charge in [-0.2, -0.15) is 0 Å². The Morgan fingerprint density at radius 3 is 3.03 bits per heavy atom. The van der Waals surface area contributed by atoms with Gasteiger partial charge in [-0.05, 0) is 42.7 Å². The molecule has 2 aliphatic rings. The van der Waals surface area contributed by atoms with E-state index < -0.39 is 12.3 Å². The minimum Gasteiger partial charge on any atom is -0.454 e. The summed E-state index contributed by atoms with van der Waals surface area (Å²) in [5, 5.41) is 5.96. The number of nitrogens with one attached hydrogen (secondary N) is 2. The number of unbranched alkanes of at least 4 members (excludes halogenated alkanes) is 1. The molecule has 0 bridgehead atoms. The lowest BCUT2D eigenvalue weighted by atomic mass is 10.2. The fourth-order valence-electron chi connectivity index (χ4n) is 3.91. The Morgan fingerprint density at radius 1 is 1.29 bits per heavy atom. The first-order valence-corrected chi connectivity index (χ1v) is 11.1. The van der Waals surface area contributed by atoms with Crippen molar-refractivity contribution in [2.24, 2.45) is 17.8 Å². The number of aryl methyl sites for hydroxylation is 2. The first-order chi connectivity index (χ1) is 16.6. The van der Waals surface area contributed by atoms with E-state index in [2.05, 4.69) is 15.6 Å². The molecule has 4 N–H and O–H groups in total. The molecule has 2 aliphatic heterocycles. The third-order valence-electron chi connectivity index (χ3n) is 5.73. The molecule has 0 saturated heterocycles. The molecule has 0 spiro atoms. The van der Waals surface area contributed by atoms with Crippen molar-refractivity contribution in [2.45, 2.75) is 32.1 Å². The lowest BCUT2D eigenvalue weighted by Crippen LogP contribution is -2.38.